The van der Waals surface area contributed by atoms with E-state index in [1.54, 1.807) is 6.92 Å². The molecule has 0 saturated carbocycles. The summed E-state index contributed by atoms with van der Waals surface area (Å²) in [6.45, 7) is 1.89. The van der Waals surface area contributed by atoms with E-state index >= 15 is 0 Å². The molecule has 0 aliphatic rings. The number of hydrogen-bond acceptors (Lipinski definition) is 4. The van der Waals surface area contributed by atoms with Crippen LogP contribution in [0.5, 0.6) is 0 Å². The van der Waals surface area contributed by atoms with Gasteiger partial charge in [0.1, 0.15) is 6.07 Å². The average Bonchev–Trinajstić information content (AvgIpc) is 2.29. The van der Waals surface area contributed by atoms with E-state index in [4.69, 9.17) is 21.6 Å². The zero-order valence-corrected chi connectivity index (χ0v) is 9.25. The van der Waals surface area contributed by atoms with Gasteiger partial charge in [-0.15, -0.1) is 0 Å². The summed E-state index contributed by atoms with van der Waals surface area (Å²) >= 11 is 5.76. The normalized spacial score (nSPS) is 9.31. The molecule has 1 rings (SSSR count). The van der Waals surface area contributed by atoms with E-state index in [0.29, 0.717) is 6.29 Å². The molecule has 0 amide bonds. The first kappa shape index (κ1) is 12.2. The third-order valence-corrected chi connectivity index (χ3v) is 2.28. The molecule has 0 spiro atoms. The fourth-order valence-electron chi connectivity index (χ4n) is 1.15. The van der Waals surface area contributed by atoms with Gasteiger partial charge >= 0.3 is 5.97 Å². The highest BCUT2D eigenvalue weighted by molar-refractivity contribution is 6.34. The number of rotatable bonds is 3. The van der Waals surface area contributed by atoms with Crippen molar-refractivity contribution in [3.05, 3.63) is 33.8 Å². The summed E-state index contributed by atoms with van der Waals surface area (Å²) in [5.41, 5.74) is 0.322. The molecular weight excluding hydrogens is 230 g/mol. The molecule has 0 radical (unpaired) electrons. The first-order valence-corrected chi connectivity index (χ1v) is 4.87. The minimum atomic E-state index is -0.584. The zero-order valence-electron chi connectivity index (χ0n) is 8.49. The van der Waals surface area contributed by atoms with E-state index in [1.165, 1.54) is 12.1 Å². The van der Waals surface area contributed by atoms with E-state index < -0.39 is 5.97 Å². The number of aldehydes is 1. The number of nitriles is 1. The third-order valence-electron chi connectivity index (χ3n) is 1.86. The average molecular weight is 238 g/mol. The molecule has 0 aliphatic heterocycles. The van der Waals surface area contributed by atoms with Crippen molar-refractivity contribution in [2.45, 2.75) is 6.92 Å². The highest BCUT2D eigenvalue weighted by atomic mass is 35.5. The Labute approximate surface area is 97.4 Å². The SMILES string of the molecule is CCOC(=O)c1cc(C#N)c(Cl)c(C=O)c1. The van der Waals surface area contributed by atoms with Gasteiger partial charge in [0, 0.05) is 5.56 Å². The van der Waals surface area contributed by atoms with Crippen molar-refractivity contribution in [2.24, 2.45) is 0 Å². The summed E-state index contributed by atoms with van der Waals surface area (Å²) in [5.74, 6) is -0.584. The van der Waals surface area contributed by atoms with Gasteiger partial charge in [0.25, 0.3) is 0 Å². The summed E-state index contributed by atoms with van der Waals surface area (Å²) < 4.78 is 4.76. The number of carbonyl (C=O) groups is 2. The lowest BCUT2D eigenvalue weighted by molar-refractivity contribution is 0.0526. The number of carbonyl (C=O) groups excluding carboxylic acids is 2. The van der Waals surface area contributed by atoms with Gasteiger partial charge < -0.3 is 4.74 Å². The molecule has 0 N–H and O–H groups in total. The predicted molar refractivity (Wildman–Crippen MR) is 57.5 cm³/mol. The van der Waals surface area contributed by atoms with E-state index in [2.05, 4.69) is 0 Å². The van der Waals surface area contributed by atoms with Crippen molar-refractivity contribution in [2.75, 3.05) is 6.61 Å². The molecule has 0 aliphatic carbocycles. The van der Waals surface area contributed by atoms with Gasteiger partial charge in [-0.05, 0) is 19.1 Å². The van der Waals surface area contributed by atoms with E-state index in [1.807, 2.05) is 6.07 Å². The quantitative estimate of drug-likeness (QED) is 0.597. The first-order chi connectivity index (χ1) is 7.63. The summed E-state index contributed by atoms with van der Waals surface area (Å²) in [6.07, 6.45) is 0.492. The van der Waals surface area contributed by atoms with E-state index in [0.717, 1.165) is 0 Å². The molecule has 0 aromatic heterocycles. The van der Waals surface area contributed by atoms with E-state index in [9.17, 15) is 9.59 Å². The molecule has 5 heteroatoms. The highest BCUT2D eigenvalue weighted by Gasteiger charge is 2.13. The molecule has 16 heavy (non-hydrogen) atoms. The van der Waals surface area contributed by atoms with Crippen LogP contribution < -0.4 is 0 Å². The minimum absolute atomic E-state index is 0.0468. The second-order valence-electron chi connectivity index (χ2n) is 2.88. The van der Waals surface area contributed by atoms with E-state index in [-0.39, 0.29) is 28.3 Å². The maximum Gasteiger partial charge on any atom is 0.338 e. The fourth-order valence-corrected chi connectivity index (χ4v) is 1.34. The van der Waals surface area contributed by atoms with Crippen LogP contribution >= 0.6 is 11.6 Å². The maximum atomic E-state index is 11.4. The number of halogens is 1. The molecule has 1 aromatic carbocycles. The lowest BCUT2D eigenvalue weighted by Crippen LogP contribution is -2.06. The second-order valence-corrected chi connectivity index (χ2v) is 3.26. The van der Waals surface area contributed by atoms with Crippen molar-refractivity contribution in [3.8, 4) is 6.07 Å². The molecule has 4 nitrogen and oxygen atoms in total. The monoisotopic (exact) mass is 237 g/mol. The van der Waals surface area contributed by atoms with Gasteiger partial charge in [0.05, 0.1) is 22.8 Å². The van der Waals surface area contributed by atoms with Crippen LogP contribution in [0.25, 0.3) is 0 Å². The molecule has 0 atom stereocenters. The van der Waals surface area contributed by atoms with Crippen molar-refractivity contribution in [3.63, 3.8) is 0 Å². The maximum absolute atomic E-state index is 11.4. The Bertz CT molecular complexity index is 477. The van der Waals surface area contributed by atoms with Crippen LogP contribution in [-0.4, -0.2) is 18.9 Å². The molecule has 82 valence electrons. The van der Waals surface area contributed by atoms with Crippen LogP contribution in [-0.2, 0) is 4.74 Å². The van der Waals surface area contributed by atoms with Crippen LogP contribution in [0, 0.1) is 11.3 Å². The van der Waals surface area contributed by atoms with Crippen molar-refractivity contribution < 1.29 is 14.3 Å². The Kier molecular flexibility index (Phi) is 4.03. The standard InChI is InChI=1S/C11H8ClNO3/c1-2-16-11(15)7-3-8(5-13)10(12)9(4-7)6-14/h3-4,6H,2H2,1H3. The Morgan fingerprint density at radius 1 is 1.62 bits per heavy atom. The lowest BCUT2D eigenvalue weighted by atomic mass is 10.1. The summed E-state index contributed by atoms with van der Waals surface area (Å²) in [5, 5.41) is 8.82. The van der Waals surface area contributed by atoms with Gasteiger partial charge in [0.15, 0.2) is 6.29 Å². The van der Waals surface area contributed by atoms with Crippen molar-refractivity contribution >= 4 is 23.9 Å². The molecule has 0 bridgehead atoms. The Hall–Kier alpha value is -1.86. The smallest absolute Gasteiger partial charge is 0.338 e. The van der Waals surface area contributed by atoms with Crippen LogP contribution in [0.3, 0.4) is 0 Å². The summed E-state index contributed by atoms with van der Waals surface area (Å²) in [6, 6.07) is 4.41. The van der Waals surface area contributed by atoms with Crippen LogP contribution in [0.15, 0.2) is 12.1 Å². The van der Waals surface area contributed by atoms with Gasteiger partial charge in [-0.1, -0.05) is 11.6 Å². The molecule has 0 heterocycles. The Morgan fingerprint density at radius 2 is 2.31 bits per heavy atom. The lowest BCUT2D eigenvalue weighted by Gasteiger charge is -2.04. The van der Waals surface area contributed by atoms with Crippen LogP contribution in [0.2, 0.25) is 5.02 Å². The number of benzene rings is 1. The second kappa shape index (κ2) is 5.29. The third kappa shape index (κ3) is 2.38. The largest absolute Gasteiger partial charge is 0.462 e. The fraction of sp³-hybridized carbons (Fsp3) is 0.182. The van der Waals surface area contributed by atoms with Gasteiger partial charge in [-0.3, -0.25) is 4.79 Å². The van der Waals surface area contributed by atoms with Crippen molar-refractivity contribution in [1.82, 2.24) is 0 Å². The van der Waals surface area contributed by atoms with Gasteiger partial charge in [0.2, 0.25) is 0 Å². The van der Waals surface area contributed by atoms with Crippen LogP contribution in [0.4, 0.5) is 0 Å². The van der Waals surface area contributed by atoms with Crippen LogP contribution in [0.1, 0.15) is 33.2 Å². The number of hydrogen-bond donors (Lipinski definition) is 0. The Balaban J connectivity index is 3.28. The highest BCUT2D eigenvalue weighted by Crippen LogP contribution is 2.22. The number of ether oxygens (including phenoxy) is 1. The Morgan fingerprint density at radius 3 is 2.81 bits per heavy atom. The van der Waals surface area contributed by atoms with Crippen molar-refractivity contribution in [1.29, 1.82) is 5.26 Å². The molecule has 1 aromatic rings. The first-order valence-electron chi connectivity index (χ1n) is 4.50. The zero-order chi connectivity index (χ0) is 12.1. The minimum Gasteiger partial charge on any atom is -0.462 e. The predicted octanol–water partition coefficient (Wildman–Crippen LogP) is 2.20. The summed E-state index contributed by atoms with van der Waals surface area (Å²) in [7, 11) is 0. The molecular formula is C11H8ClNO3. The van der Waals surface area contributed by atoms with Gasteiger partial charge in [-0.25, -0.2) is 4.79 Å². The molecule has 0 fully saturated rings. The molecule has 0 unspecified atom stereocenters. The summed E-state index contributed by atoms with van der Waals surface area (Å²) in [4.78, 5) is 22.1. The molecule has 0 saturated heterocycles. The number of esters is 1. The number of nitrogens with zero attached hydrogens (tertiary/aromatic N) is 1. The topological polar surface area (TPSA) is 67.2 Å². The van der Waals surface area contributed by atoms with Gasteiger partial charge in [-0.2, -0.15) is 5.26 Å².